The van der Waals surface area contributed by atoms with Crippen molar-refractivity contribution in [3.05, 3.63) is 113 Å². The lowest BCUT2D eigenvalue weighted by Crippen LogP contribution is -2.17. The first kappa shape index (κ1) is 28.1. The average Bonchev–Trinajstić information content (AvgIpc) is 2.82. The third-order valence-corrected chi connectivity index (χ3v) is 6.19. The van der Waals surface area contributed by atoms with Crippen molar-refractivity contribution in [2.75, 3.05) is 0 Å². The van der Waals surface area contributed by atoms with Gasteiger partial charge in [0.15, 0.2) is 5.92 Å². The minimum Gasteiger partial charge on any atom is -0.460 e. The van der Waals surface area contributed by atoms with Crippen LogP contribution in [0.4, 0.5) is 11.4 Å². The van der Waals surface area contributed by atoms with E-state index < -0.39 is 16.8 Å². The van der Waals surface area contributed by atoms with Crippen LogP contribution >= 0.6 is 15.9 Å². The molecule has 0 aliphatic rings. The Bertz CT molecular complexity index is 1340. The molecule has 0 heterocycles. The molecule has 0 aliphatic heterocycles. The summed E-state index contributed by atoms with van der Waals surface area (Å²) in [5, 5.41) is 31.2. The van der Waals surface area contributed by atoms with Crippen molar-refractivity contribution in [3.8, 4) is 6.07 Å². The highest BCUT2D eigenvalue weighted by atomic mass is 79.9. The van der Waals surface area contributed by atoms with Crippen LogP contribution in [0.1, 0.15) is 39.3 Å². The number of hydrogen-bond acceptors (Lipinski definition) is 7. The molecule has 0 saturated heterocycles. The van der Waals surface area contributed by atoms with Crippen LogP contribution in [-0.4, -0.2) is 15.8 Å². The molecular formula is C26H24BrN3O6. The zero-order valence-electron chi connectivity index (χ0n) is 20.1. The molecule has 0 aromatic heterocycles. The smallest absolute Gasteiger partial charge is 0.328 e. The molecule has 10 heteroatoms. The normalized spacial score (nSPS) is 10.9. The summed E-state index contributed by atoms with van der Waals surface area (Å²) in [5.41, 5.74) is 3.76. The number of nitro groups is 2. The number of nitro benzene ring substituents is 2. The summed E-state index contributed by atoms with van der Waals surface area (Å²) in [7, 11) is 0. The van der Waals surface area contributed by atoms with E-state index in [1.807, 2.05) is 32.0 Å². The molecule has 186 valence electrons. The summed E-state index contributed by atoms with van der Waals surface area (Å²) in [6.07, 6.45) is 0. The molecule has 0 spiro atoms. The fourth-order valence-corrected chi connectivity index (χ4v) is 3.96. The third-order valence-electron chi connectivity index (χ3n) is 5.16. The predicted molar refractivity (Wildman–Crippen MR) is 137 cm³/mol. The first-order valence-corrected chi connectivity index (χ1v) is 11.5. The Labute approximate surface area is 216 Å². The lowest BCUT2D eigenvalue weighted by molar-refractivity contribution is -0.385. The fourth-order valence-electron chi connectivity index (χ4n) is 3.59. The Kier molecular flexibility index (Phi) is 9.82. The summed E-state index contributed by atoms with van der Waals surface area (Å²) in [5.74, 6) is -2.13. The minimum atomic E-state index is -1.34. The molecule has 0 saturated carbocycles. The van der Waals surface area contributed by atoms with Crippen LogP contribution < -0.4 is 0 Å². The highest BCUT2D eigenvalue weighted by molar-refractivity contribution is 9.10. The molecule has 3 aromatic carbocycles. The van der Waals surface area contributed by atoms with Gasteiger partial charge in [0.1, 0.15) is 6.61 Å². The number of esters is 1. The minimum absolute atomic E-state index is 0.0105. The number of rotatable bonds is 6. The average molecular weight is 554 g/mol. The number of nitrogens with zero attached hydrogens (tertiary/aromatic N) is 3. The molecule has 3 rings (SSSR count). The zero-order chi connectivity index (χ0) is 27.0. The molecule has 0 fully saturated rings. The second-order valence-corrected chi connectivity index (χ2v) is 8.89. The van der Waals surface area contributed by atoms with Crippen molar-refractivity contribution in [2.45, 2.75) is 40.2 Å². The number of aryl methyl sites for hydroxylation is 4. The highest BCUT2D eigenvalue weighted by Crippen LogP contribution is 2.32. The molecule has 1 atom stereocenters. The SMILES string of the molecule is Cc1cc(C)c(Br)c([N+](=O)[O-])c1.Cc1cc(C)c(C(C#N)C(=O)OCc2ccccc2)c([N+](=O)[O-])c1. The monoisotopic (exact) mass is 553 g/mol. The number of carbonyl (C=O) groups is 1. The van der Waals surface area contributed by atoms with E-state index in [-0.39, 0.29) is 28.5 Å². The molecule has 0 aliphatic carbocycles. The highest BCUT2D eigenvalue weighted by Gasteiger charge is 2.31. The molecule has 0 radical (unpaired) electrons. The molecule has 0 bridgehead atoms. The Morgan fingerprint density at radius 2 is 1.47 bits per heavy atom. The van der Waals surface area contributed by atoms with Crippen LogP contribution in [-0.2, 0) is 16.1 Å². The fraction of sp³-hybridized carbons (Fsp3) is 0.231. The Morgan fingerprint density at radius 3 is 2.00 bits per heavy atom. The second kappa shape index (κ2) is 12.6. The number of benzene rings is 3. The second-order valence-electron chi connectivity index (χ2n) is 8.10. The van der Waals surface area contributed by atoms with E-state index in [2.05, 4.69) is 15.9 Å². The summed E-state index contributed by atoms with van der Waals surface area (Å²) in [6, 6.07) is 17.4. The predicted octanol–water partition coefficient (Wildman–Crippen LogP) is 6.54. The van der Waals surface area contributed by atoms with Crippen LogP contribution in [0.25, 0.3) is 0 Å². The maximum absolute atomic E-state index is 12.3. The Balaban J connectivity index is 0.000000319. The first-order chi connectivity index (χ1) is 17.0. The number of halogens is 1. The number of nitriles is 1. The molecule has 3 aromatic rings. The van der Waals surface area contributed by atoms with Gasteiger partial charge in [-0.25, -0.2) is 0 Å². The van der Waals surface area contributed by atoms with E-state index in [1.54, 1.807) is 50.2 Å². The van der Waals surface area contributed by atoms with Crippen LogP contribution in [0.15, 0.2) is 59.1 Å². The van der Waals surface area contributed by atoms with Crippen molar-refractivity contribution in [1.29, 1.82) is 5.26 Å². The summed E-state index contributed by atoms with van der Waals surface area (Å²) < 4.78 is 5.74. The van der Waals surface area contributed by atoms with Crippen LogP contribution in [0.5, 0.6) is 0 Å². The van der Waals surface area contributed by atoms with Crippen molar-refractivity contribution in [1.82, 2.24) is 0 Å². The summed E-state index contributed by atoms with van der Waals surface area (Å²) >= 11 is 3.17. The van der Waals surface area contributed by atoms with Gasteiger partial charge >= 0.3 is 5.97 Å². The molecule has 9 nitrogen and oxygen atoms in total. The van der Waals surface area contributed by atoms with Gasteiger partial charge in [-0.2, -0.15) is 5.26 Å². The van der Waals surface area contributed by atoms with Crippen molar-refractivity contribution in [3.63, 3.8) is 0 Å². The lowest BCUT2D eigenvalue weighted by atomic mass is 9.92. The Morgan fingerprint density at radius 1 is 0.944 bits per heavy atom. The molecule has 1 unspecified atom stereocenters. The van der Waals surface area contributed by atoms with Gasteiger partial charge in [0.2, 0.25) is 0 Å². The van der Waals surface area contributed by atoms with Gasteiger partial charge in [-0.3, -0.25) is 25.0 Å². The van der Waals surface area contributed by atoms with Gasteiger partial charge in [0.25, 0.3) is 11.4 Å². The van der Waals surface area contributed by atoms with Gasteiger partial charge in [-0.05, 0) is 71.4 Å². The number of carbonyl (C=O) groups excluding carboxylic acids is 1. The molecule has 0 amide bonds. The maximum atomic E-state index is 12.3. The van der Waals surface area contributed by atoms with Gasteiger partial charge in [-0.15, -0.1) is 0 Å². The van der Waals surface area contributed by atoms with Crippen LogP contribution in [0.2, 0.25) is 0 Å². The molecule has 0 N–H and O–H groups in total. The van der Waals surface area contributed by atoms with E-state index in [0.29, 0.717) is 15.6 Å². The van der Waals surface area contributed by atoms with E-state index >= 15 is 0 Å². The molecule has 36 heavy (non-hydrogen) atoms. The van der Waals surface area contributed by atoms with E-state index in [1.165, 1.54) is 6.07 Å². The van der Waals surface area contributed by atoms with Crippen molar-refractivity contribution < 1.29 is 19.4 Å². The van der Waals surface area contributed by atoms with Gasteiger partial charge in [-0.1, -0.05) is 42.5 Å². The number of ether oxygens (including phenoxy) is 1. The van der Waals surface area contributed by atoms with Crippen LogP contribution in [0.3, 0.4) is 0 Å². The standard InChI is InChI=1S/C18H16N2O4.C8H8BrNO2/c1-12-8-13(2)17(16(9-12)20(22)23)15(10-19)18(21)24-11-14-6-4-3-5-7-14;1-5-3-6(2)8(9)7(4-5)10(11)12/h3-9,15H,11H2,1-2H3;3-4H,1-2H3. The quantitative estimate of drug-likeness (QED) is 0.192. The van der Waals surface area contributed by atoms with Gasteiger partial charge in [0.05, 0.1) is 26.0 Å². The van der Waals surface area contributed by atoms with Crippen LogP contribution in [0, 0.1) is 59.3 Å². The molecular weight excluding hydrogens is 530 g/mol. The number of hydrogen-bond donors (Lipinski definition) is 0. The maximum Gasteiger partial charge on any atom is 0.328 e. The van der Waals surface area contributed by atoms with Crippen molar-refractivity contribution >= 4 is 33.3 Å². The lowest BCUT2D eigenvalue weighted by Gasteiger charge is -2.13. The topological polar surface area (TPSA) is 136 Å². The largest absolute Gasteiger partial charge is 0.460 e. The van der Waals surface area contributed by atoms with Gasteiger partial charge < -0.3 is 4.74 Å². The third kappa shape index (κ3) is 7.20. The van der Waals surface area contributed by atoms with Gasteiger partial charge in [0, 0.05) is 12.1 Å². The van der Waals surface area contributed by atoms with E-state index in [9.17, 15) is 30.3 Å². The van der Waals surface area contributed by atoms with E-state index in [4.69, 9.17) is 4.74 Å². The first-order valence-electron chi connectivity index (χ1n) is 10.7. The Hall–Kier alpha value is -4.10. The van der Waals surface area contributed by atoms with Crippen molar-refractivity contribution in [2.24, 2.45) is 0 Å². The van der Waals surface area contributed by atoms with E-state index in [0.717, 1.165) is 16.7 Å². The zero-order valence-corrected chi connectivity index (χ0v) is 21.7. The summed E-state index contributed by atoms with van der Waals surface area (Å²) in [6.45, 7) is 7.05. The summed E-state index contributed by atoms with van der Waals surface area (Å²) in [4.78, 5) is 33.1.